The van der Waals surface area contributed by atoms with Crippen LogP contribution in [0, 0.1) is 11.8 Å². The van der Waals surface area contributed by atoms with Crippen LogP contribution in [0.15, 0.2) is 0 Å². The maximum Gasteiger partial charge on any atom is 0.238 e. The molecule has 2 saturated carbocycles. The Hall–Kier alpha value is -0.570. The Labute approximate surface area is 110 Å². The van der Waals surface area contributed by atoms with Gasteiger partial charge < -0.3 is 4.90 Å². The second kappa shape index (κ2) is 5.20. The molecule has 0 aromatic rings. The molecule has 1 heterocycles. The van der Waals surface area contributed by atoms with E-state index in [9.17, 15) is 4.79 Å². The molecule has 0 bridgehead atoms. The largest absolute Gasteiger partial charge is 0.323 e. The number of nitrogens with zero attached hydrogens (tertiary/aromatic N) is 1. The Morgan fingerprint density at radius 2 is 2.00 bits per heavy atom. The summed E-state index contributed by atoms with van der Waals surface area (Å²) in [6.07, 6.45) is 10.8. The van der Waals surface area contributed by atoms with Gasteiger partial charge in [-0.05, 0) is 37.5 Å². The van der Waals surface area contributed by atoms with Gasteiger partial charge in [-0.15, -0.1) is 0 Å². The van der Waals surface area contributed by atoms with Crippen LogP contribution in [0.1, 0.15) is 58.3 Å². The topological polar surface area (TPSA) is 32.3 Å². The van der Waals surface area contributed by atoms with E-state index in [1.165, 1.54) is 44.9 Å². The standard InChI is InChI=1S/C15H26N2O/c1-2-13(9-11-7-8-11)17-14(18)10-16-15(17)12-5-3-4-6-12/h11-13,15-16H,2-10H2,1H3. The second-order valence-corrected chi connectivity index (χ2v) is 6.41. The quantitative estimate of drug-likeness (QED) is 0.813. The average molecular weight is 250 g/mol. The first-order chi connectivity index (χ1) is 8.79. The number of nitrogens with one attached hydrogen (secondary N) is 1. The Kier molecular flexibility index (Phi) is 3.60. The van der Waals surface area contributed by atoms with Crippen molar-refractivity contribution in [1.29, 1.82) is 0 Å². The fraction of sp³-hybridized carbons (Fsp3) is 0.933. The molecule has 3 rings (SSSR count). The van der Waals surface area contributed by atoms with Gasteiger partial charge in [-0.1, -0.05) is 32.6 Å². The summed E-state index contributed by atoms with van der Waals surface area (Å²) in [7, 11) is 0. The highest BCUT2D eigenvalue weighted by molar-refractivity contribution is 5.81. The van der Waals surface area contributed by atoms with Crippen LogP contribution in [0.4, 0.5) is 0 Å². The van der Waals surface area contributed by atoms with Crippen molar-refractivity contribution >= 4 is 5.91 Å². The Morgan fingerprint density at radius 3 is 2.61 bits per heavy atom. The lowest BCUT2D eigenvalue weighted by Gasteiger charge is -2.35. The number of rotatable bonds is 5. The van der Waals surface area contributed by atoms with E-state index in [4.69, 9.17) is 0 Å². The molecule has 3 heteroatoms. The van der Waals surface area contributed by atoms with Gasteiger partial charge in [0.05, 0.1) is 12.7 Å². The van der Waals surface area contributed by atoms with Gasteiger partial charge in [0.15, 0.2) is 0 Å². The molecule has 1 amide bonds. The Bertz CT molecular complexity index is 308. The van der Waals surface area contributed by atoms with Gasteiger partial charge in [0.25, 0.3) is 0 Å². The number of hydrogen-bond acceptors (Lipinski definition) is 2. The van der Waals surface area contributed by atoms with Crippen LogP contribution >= 0.6 is 0 Å². The zero-order valence-electron chi connectivity index (χ0n) is 11.5. The van der Waals surface area contributed by atoms with Crippen LogP contribution in [0.5, 0.6) is 0 Å². The monoisotopic (exact) mass is 250 g/mol. The molecule has 0 aromatic carbocycles. The van der Waals surface area contributed by atoms with Crippen molar-refractivity contribution in [1.82, 2.24) is 10.2 Å². The third-order valence-corrected chi connectivity index (χ3v) is 5.06. The lowest BCUT2D eigenvalue weighted by Crippen LogP contribution is -2.48. The van der Waals surface area contributed by atoms with Gasteiger partial charge in [0.1, 0.15) is 0 Å². The summed E-state index contributed by atoms with van der Waals surface area (Å²) < 4.78 is 0. The molecular weight excluding hydrogens is 224 g/mol. The van der Waals surface area contributed by atoms with E-state index < -0.39 is 0 Å². The number of carbonyl (C=O) groups excluding carboxylic acids is 1. The zero-order chi connectivity index (χ0) is 12.5. The minimum absolute atomic E-state index is 0.347. The SMILES string of the molecule is CCC(CC1CC1)N1C(=O)CNC1C1CCCC1. The smallest absolute Gasteiger partial charge is 0.238 e. The summed E-state index contributed by atoms with van der Waals surface area (Å²) in [4.78, 5) is 14.4. The van der Waals surface area contributed by atoms with Gasteiger partial charge in [0, 0.05) is 6.04 Å². The fourth-order valence-corrected chi connectivity index (χ4v) is 3.85. The normalized spacial score (nSPS) is 31.3. The van der Waals surface area contributed by atoms with Crippen molar-refractivity contribution in [3.8, 4) is 0 Å². The van der Waals surface area contributed by atoms with Gasteiger partial charge in [-0.2, -0.15) is 0 Å². The van der Waals surface area contributed by atoms with Crippen molar-refractivity contribution in [3.63, 3.8) is 0 Å². The average Bonchev–Trinajstić information content (AvgIpc) is 2.89. The first kappa shape index (κ1) is 12.5. The third kappa shape index (κ3) is 2.42. The highest BCUT2D eigenvalue weighted by Crippen LogP contribution is 2.38. The lowest BCUT2D eigenvalue weighted by molar-refractivity contribution is -0.131. The predicted molar refractivity (Wildman–Crippen MR) is 72.0 cm³/mol. The third-order valence-electron chi connectivity index (χ3n) is 5.06. The van der Waals surface area contributed by atoms with Crippen LogP contribution in [0.3, 0.4) is 0 Å². The van der Waals surface area contributed by atoms with E-state index in [0.29, 0.717) is 30.6 Å². The second-order valence-electron chi connectivity index (χ2n) is 6.41. The number of carbonyl (C=O) groups is 1. The maximum atomic E-state index is 12.2. The van der Waals surface area contributed by atoms with E-state index in [0.717, 1.165) is 12.3 Å². The summed E-state index contributed by atoms with van der Waals surface area (Å²) in [5.74, 6) is 1.97. The van der Waals surface area contributed by atoms with E-state index in [2.05, 4.69) is 17.1 Å². The summed E-state index contributed by atoms with van der Waals surface area (Å²) in [5, 5.41) is 3.48. The molecule has 2 unspecified atom stereocenters. The molecule has 102 valence electrons. The highest BCUT2D eigenvalue weighted by Gasteiger charge is 2.41. The molecule has 0 spiro atoms. The molecular formula is C15H26N2O. The number of hydrogen-bond donors (Lipinski definition) is 1. The highest BCUT2D eigenvalue weighted by atomic mass is 16.2. The molecule has 2 aliphatic carbocycles. The van der Waals surface area contributed by atoms with E-state index >= 15 is 0 Å². The molecule has 1 saturated heterocycles. The van der Waals surface area contributed by atoms with Gasteiger partial charge in [0.2, 0.25) is 5.91 Å². The number of amides is 1. The van der Waals surface area contributed by atoms with Crippen LogP contribution < -0.4 is 5.32 Å². The van der Waals surface area contributed by atoms with Crippen LogP contribution in [-0.4, -0.2) is 29.6 Å². The van der Waals surface area contributed by atoms with Crippen molar-refractivity contribution in [2.24, 2.45) is 11.8 Å². The molecule has 3 nitrogen and oxygen atoms in total. The van der Waals surface area contributed by atoms with Gasteiger partial charge in [-0.25, -0.2) is 0 Å². The minimum atomic E-state index is 0.347. The predicted octanol–water partition coefficient (Wildman–Crippen LogP) is 2.51. The van der Waals surface area contributed by atoms with Crippen LogP contribution in [0.2, 0.25) is 0 Å². The van der Waals surface area contributed by atoms with Crippen molar-refractivity contribution < 1.29 is 4.79 Å². The van der Waals surface area contributed by atoms with E-state index in [-0.39, 0.29) is 0 Å². The molecule has 2 atom stereocenters. The molecule has 3 aliphatic rings. The van der Waals surface area contributed by atoms with Crippen LogP contribution in [-0.2, 0) is 4.79 Å². The fourth-order valence-electron chi connectivity index (χ4n) is 3.85. The zero-order valence-corrected chi connectivity index (χ0v) is 11.5. The molecule has 0 aromatic heterocycles. The maximum absolute atomic E-state index is 12.2. The Balaban J connectivity index is 1.69. The molecule has 1 aliphatic heterocycles. The van der Waals surface area contributed by atoms with Gasteiger partial charge >= 0.3 is 0 Å². The van der Waals surface area contributed by atoms with Crippen molar-refractivity contribution in [3.05, 3.63) is 0 Å². The molecule has 1 N–H and O–H groups in total. The lowest BCUT2D eigenvalue weighted by atomic mass is 9.99. The summed E-state index contributed by atoms with van der Waals surface area (Å²) in [6, 6.07) is 0.491. The van der Waals surface area contributed by atoms with E-state index in [1.54, 1.807) is 0 Å². The molecule has 18 heavy (non-hydrogen) atoms. The first-order valence-electron chi connectivity index (χ1n) is 7.84. The minimum Gasteiger partial charge on any atom is -0.323 e. The first-order valence-corrected chi connectivity index (χ1v) is 7.84. The summed E-state index contributed by atoms with van der Waals surface area (Å²) >= 11 is 0. The van der Waals surface area contributed by atoms with Gasteiger partial charge in [-0.3, -0.25) is 10.1 Å². The summed E-state index contributed by atoms with van der Waals surface area (Å²) in [6.45, 7) is 2.81. The van der Waals surface area contributed by atoms with Crippen LogP contribution in [0.25, 0.3) is 0 Å². The summed E-state index contributed by atoms with van der Waals surface area (Å²) in [5.41, 5.74) is 0. The molecule has 3 fully saturated rings. The molecule has 0 radical (unpaired) electrons. The van der Waals surface area contributed by atoms with Crippen molar-refractivity contribution in [2.45, 2.75) is 70.5 Å². The Morgan fingerprint density at radius 1 is 1.28 bits per heavy atom. The van der Waals surface area contributed by atoms with Crippen molar-refractivity contribution in [2.75, 3.05) is 6.54 Å². The van der Waals surface area contributed by atoms with E-state index in [1.807, 2.05) is 0 Å².